The van der Waals surface area contributed by atoms with Crippen LogP contribution in [0.5, 0.6) is 0 Å². The van der Waals surface area contributed by atoms with Crippen molar-refractivity contribution in [2.75, 3.05) is 11.0 Å². The topological polar surface area (TPSA) is 132 Å². The molecule has 0 bridgehead atoms. The van der Waals surface area contributed by atoms with Gasteiger partial charge >= 0.3 is 0 Å². The van der Waals surface area contributed by atoms with Gasteiger partial charge in [-0.05, 0) is 13.8 Å². The van der Waals surface area contributed by atoms with E-state index in [0.29, 0.717) is 5.76 Å². The van der Waals surface area contributed by atoms with E-state index >= 15 is 0 Å². The van der Waals surface area contributed by atoms with E-state index in [0.717, 1.165) is 22.3 Å². The Bertz CT molecular complexity index is 759. The van der Waals surface area contributed by atoms with E-state index in [1.54, 1.807) is 13.8 Å². The van der Waals surface area contributed by atoms with Crippen LogP contribution in [0.2, 0.25) is 0 Å². The summed E-state index contributed by atoms with van der Waals surface area (Å²) < 4.78 is 29.3. The van der Waals surface area contributed by atoms with Crippen molar-refractivity contribution in [2.24, 2.45) is 0 Å². The van der Waals surface area contributed by atoms with Gasteiger partial charge < -0.3 is 9.84 Å². The minimum atomic E-state index is -3.43. The zero-order chi connectivity index (χ0) is 16.3. The lowest BCUT2D eigenvalue weighted by Gasteiger charge is -2.04. The summed E-state index contributed by atoms with van der Waals surface area (Å²) in [5, 5.41) is 14.1. The van der Waals surface area contributed by atoms with Gasteiger partial charge in [0.05, 0.1) is 18.1 Å². The van der Waals surface area contributed by atoms with Crippen LogP contribution in [0.3, 0.4) is 0 Å². The number of aryl methyl sites for hydroxylation is 2. The van der Waals surface area contributed by atoms with E-state index in [1.807, 2.05) is 0 Å². The van der Waals surface area contributed by atoms with E-state index in [2.05, 4.69) is 25.4 Å². The van der Waals surface area contributed by atoms with Crippen LogP contribution in [0.1, 0.15) is 17.0 Å². The van der Waals surface area contributed by atoms with Gasteiger partial charge in [-0.1, -0.05) is 5.16 Å². The quantitative estimate of drug-likeness (QED) is 0.735. The summed E-state index contributed by atoms with van der Waals surface area (Å²) in [6, 6.07) is 0. The number of hydrogen-bond donors (Lipinski definition) is 2. The second-order valence-corrected chi connectivity index (χ2v) is 6.46. The first kappa shape index (κ1) is 15.9. The number of nitrogens with zero attached hydrogens (tertiary/aromatic N) is 4. The van der Waals surface area contributed by atoms with Crippen molar-refractivity contribution in [1.29, 1.82) is 0 Å². The van der Waals surface area contributed by atoms with Gasteiger partial charge in [-0.15, -0.1) is 5.10 Å². The fourth-order valence-electron chi connectivity index (χ4n) is 1.74. The number of sulfonamides is 1. The average molecular weight is 328 g/mol. The third-order valence-electron chi connectivity index (χ3n) is 2.76. The smallest absolute Gasteiger partial charge is 0.243 e. The zero-order valence-corrected chi connectivity index (χ0v) is 13.1. The normalized spacial score (nSPS) is 11.4. The van der Waals surface area contributed by atoms with Gasteiger partial charge in [0.1, 0.15) is 12.3 Å². The molecule has 0 spiro atoms. The highest BCUT2D eigenvalue weighted by molar-refractivity contribution is 7.92. The summed E-state index contributed by atoms with van der Waals surface area (Å²) in [6.07, 6.45) is 2.23. The van der Waals surface area contributed by atoms with Gasteiger partial charge in [0, 0.05) is 12.1 Å². The molecule has 0 radical (unpaired) electrons. The van der Waals surface area contributed by atoms with Crippen LogP contribution in [-0.4, -0.2) is 40.7 Å². The van der Waals surface area contributed by atoms with Gasteiger partial charge in [0.15, 0.2) is 5.82 Å². The SMILES string of the molecule is Cc1noc(C)c1CNC(=O)Cn1ncc(NS(C)(=O)=O)n1. The molecule has 0 saturated heterocycles. The number of rotatable bonds is 6. The predicted molar refractivity (Wildman–Crippen MR) is 76.3 cm³/mol. The summed E-state index contributed by atoms with van der Waals surface area (Å²) in [6.45, 7) is 3.71. The second-order valence-electron chi connectivity index (χ2n) is 4.71. The molecule has 0 atom stereocenters. The van der Waals surface area contributed by atoms with Crippen LogP contribution < -0.4 is 10.0 Å². The van der Waals surface area contributed by atoms with E-state index in [4.69, 9.17) is 4.52 Å². The van der Waals surface area contributed by atoms with Gasteiger partial charge in [0.2, 0.25) is 15.9 Å². The maximum Gasteiger partial charge on any atom is 0.243 e. The van der Waals surface area contributed by atoms with Crippen LogP contribution >= 0.6 is 0 Å². The Labute approximate surface area is 126 Å². The van der Waals surface area contributed by atoms with Crippen molar-refractivity contribution in [3.05, 3.63) is 23.2 Å². The number of aromatic nitrogens is 4. The van der Waals surface area contributed by atoms with E-state index < -0.39 is 10.0 Å². The fourth-order valence-corrected chi connectivity index (χ4v) is 2.21. The first-order chi connectivity index (χ1) is 10.2. The van der Waals surface area contributed by atoms with Crippen molar-refractivity contribution < 1.29 is 17.7 Å². The maximum absolute atomic E-state index is 11.8. The van der Waals surface area contributed by atoms with Crippen molar-refractivity contribution in [2.45, 2.75) is 26.9 Å². The number of anilines is 1. The fraction of sp³-hybridized carbons (Fsp3) is 0.455. The molecule has 2 aromatic heterocycles. The van der Waals surface area contributed by atoms with Crippen LogP contribution in [0, 0.1) is 13.8 Å². The van der Waals surface area contributed by atoms with Gasteiger partial charge in [0.25, 0.3) is 0 Å². The lowest BCUT2D eigenvalue weighted by atomic mass is 10.2. The van der Waals surface area contributed by atoms with Gasteiger partial charge in [-0.3, -0.25) is 9.52 Å². The third-order valence-corrected chi connectivity index (χ3v) is 3.33. The lowest BCUT2D eigenvalue weighted by molar-refractivity contribution is -0.122. The molecule has 0 aliphatic rings. The predicted octanol–water partition coefficient (Wildman–Crippen LogP) is -0.429. The summed E-state index contributed by atoms with van der Waals surface area (Å²) in [4.78, 5) is 12.9. The van der Waals surface area contributed by atoms with Crippen LogP contribution in [0.15, 0.2) is 10.7 Å². The monoisotopic (exact) mass is 328 g/mol. The molecule has 0 aliphatic heterocycles. The van der Waals surface area contributed by atoms with E-state index in [1.165, 1.54) is 6.20 Å². The average Bonchev–Trinajstić information content (AvgIpc) is 2.93. The number of carbonyl (C=O) groups excluding carboxylic acids is 1. The van der Waals surface area contributed by atoms with Crippen molar-refractivity contribution >= 4 is 21.7 Å². The molecule has 120 valence electrons. The molecule has 0 fully saturated rings. The molecule has 22 heavy (non-hydrogen) atoms. The molecule has 11 heteroatoms. The lowest BCUT2D eigenvalue weighted by Crippen LogP contribution is -2.28. The third kappa shape index (κ3) is 4.28. The molecular formula is C11H16N6O4S. The van der Waals surface area contributed by atoms with Crippen LogP contribution in [-0.2, 0) is 27.9 Å². The number of amides is 1. The first-order valence-corrected chi connectivity index (χ1v) is 8.20. The Hall–Kier alpha value is -2.43. The maximum atomic E-state index is 11.8. The summed E-state index contributed by atoms with van der Waals surface area (Å²) >= 11 is 0. The van der Waals surface area contributed by atoms with Crippen LogP contribution in [0.25, 0.3) is 0 Å². The standard InChI is InChI=1S/C11H16N6O4S/c1-7-9(8(2)21-15-7)4-12-11(18)6-17-13-5-10(14-17)16-22(3,19)20/h5H,4,6H2,1-3H3,(H,12,18)(H,14,16). The Morgan fingerprint density at radius 2 is 2.14 bits per heavy atom. The molecule has 2 rings (SSSR count). The largest absolute Gasteiger partial charge is 0.361 e. The molecule has 1 amide bonds. The van der Waals surface area contributed by atoms with E-state index in [9.17, 15) is 13.2 Å². The molecule has 2 aromatic rings. The van der Waals surface area contributed by atoms with Crippen LogP contribution in [0.4, 0.5) is 5.82 Å². The Morgan fingerprint density at radius 1 is 1.41 bits per heavy atom. The first-order valence-electron chi connectivity index (χ1n) is 6.31. The molecule has 0 unspecified atom stereocenters. The molecule has 0 aromatic carbocycles. The van der Waals surface area contributed by atoms with Crippen molar-refractivity contribution in [3.8, 4) is 0 Å². The number of hydrogen-bond acceptors (Lipinski definition) is 7. The molecule has 0 saturated carbocycles. The minimum absolute atomic E-state index is 0.0565. The molecular weight excluding hydrogens is 312 g/mol. The van der Waals surface area contributed by atoms with Gasteiger partial charge in [-0.25, -0.2) is 8.42 Å². The highest BCUT2D eigenvalue weighted by Crippen LogP contribution is 2.11. The Morgan fingerprint density at radius 3 is 2.73 bits per heavy atom. The van der Waals surface area contributed by atoms with Crippen molar-refractivity contribution in [3.63, 3.8) is 0 Å². The molecule has 2 heterocycles. The summed E-state index contributed by atoms with van der Waals surface area (Å²) in [5.41, 5.74) is 1.54. The molecule has 2 N–H and O–H groups in total. The highest BCUT2D eigenvalue weighted by atomic mass is 32.2. The van der Waals surface area contributed by atoms with Crippen molar-refractivity contribution in [1.82, 2.24) is 25.5 Å². The second kappa shape index (κ2) is 6.13. The Balaban J connectivity index is 1.90. The number of nitrogens with one attached hydrogen (secondary N) is 2. The number of carbonyl (C=O) groups is 1. The minimum Gasteiger partial charge on any atom is -0.361 e. The molecule has 10 nitrogen and oxygen atoms in total. The highest BCUT2D eigenvalue weighted by Gasteiger charge is 2.12. The summed E-state index contributed by atoms with van der Waals surface area (Å²) in [5.74, 6) is 0.386. The van der Waals surface area contributed by atoms with Gasteiger partial charge in [-0.2, -0.15) is 9.90 Å². The molecule has 0 aliphatic carbocycles. The summed E-state index contributed by atoms with van der Waals surface area (Å²) in [7, 11) is -3.43. The zero-order valence-electron chi connectivity index (χ0n) is 12.3. The Kier molecular flexibility index (Phi) is 4.45. The van der Waals surface area contributed by atoms with E-state index in [-0.39, 0.29) is 24.8 Å².